The summed E-state index contributed by atoms with van der Waals surface area (Å²) in [6.07, 6.45) is 3.15. The molecule has 2 aromatic rings. The Hall–Kier alpha value is -2.38. The molecule has 21 heavy (non-hydrogen) atoms. The summed E-state index contributed by atoms with van der Waals surface area (Å²) in [6.45, 7) is 0.560. The lowest BCUT2D eigenvalue weighted by atomic mass is 10.1. The fraction of sp³-hybridized carbons (Fsp3) is 0.294. The molecule has 1 aromatic carbocycles. The maximum absolute atomic E-state index is 9.27. The van der Waals surface area contributed by atoms with Gasteiger partial charge in [-0.25, -0.2) is 4.98 Å². The van der Waals surface area contributed by atoms with Crippen molar-refractivity contribution < 1.29 is 0 Å². The number of nitrogens with zero attached hydrogens (tertiary/aromatic N) is 2. The van der Waals surface area contributed by atoms with E-state index in [1.54, 1.807) is 0 Å². The number of hydrogen-bond acceptors (Lipinski definition) is 4. The fourth-order valence-electron chi connectivity index (χ4n) is 2.72. The average Bonchev–Trinajstić information content (AvgIpc) is 2.99. The summed E-state index contributed by atoms with van der Waals surface area (Å²) in [5, 5.41) is 12.5. The van der Waals surface area contributed by atoms with E-state index in [4.69, 9.17) is 5.73 Å². The van der Waals surface area contributed by atoms with Crippen LogP contribution in [0.1, 0.15) is 34.8 Å². The van der Waals surface area contributed by atoms with Gasteiger partial charge in [-0.2, -0.15) is 5.26 Å². The summed E-state index contributed by atoms with van der Waals surface area (Å²) in [5.41, 5.74) is 10.2. The van der Waals surface area contributed by atoms with Crippen molar-refractivity contribution in [1.82, 2.24) is 4.98 Å². The highest BCUT2D eigenvalue weighted by Crippen LogP contribution is 2.25. The van der Waals surface area contributed by atoms with Crippen LogP contribution in [0.3, 0.4) is 0 Å². The normalized spacial score (nSPS) is 14.3. The molecule has 1 unspecified atom stereocenters. The molecule has 4 nitrogen and oxygen atoms in total. The number of nitrogens with one attached hydrogen (secondary N) is 1. The van der Waals surface area contributed by atoms with Crippen molar-refractivity contribution in [3.8, 4) is 6.07 Å². The maximum atomic E-state index is 9.27. The number of nitrogens with two attached hydrogens (primary N) is 1. The third kappa shape index (κ3) is 2.88. The molecule has 3 N–H and O–H groups in total. The molecule has 1 aromatic heterocycles. The molecule has 1 atom stereocenters. The zero-order valence-corrected chi connectivity index (χ0v) is 11.8. The van der Waals surface area contributed by atoms with E-state index in [9.17, 15) is 5.26 Å². The monoisotopic (exact) mass is 278 g/mol. The van der Waals surface area contributed by atoms with E-state index < -0.39 is 0 Å². The second-order valence-electron chi connectivity index (χ2n) is 5.35. The van der Waals surface area contributed by atoms with E-state index in [-0.39, 0.29) is 6.04 Å². The van der Waals surface area contributed by atoms with Crippen molar-refractivity contribution in [1.29, 1.82) is 5.26 Å². The molecule has 0 saturated heterocycles. The summed E-state index contributed by atoms with van der Waals surface area (Å²) in [7, 11) is 0. The van der Waals surface area contributed by atoms with E-state index in [2.05, 4.69) is 16.4 Å². The van der Waals surface area contributed by atoms with Crippen LogP contribution in [0.15, 0.2) is 36.4 Å². The second-order valence-corrected chi connectivity index (χ2v) is 5.35. The van der Waals surface area contributed by atoms with Gasteiger partial charge in [0, 0.05) is 18.3 Å². The Bertz CT molecular complexity index is 673. The first-order chi connectivity index (χ1) is 10.3. The standard InChI is InChI=1S/C17H18N4/c18-10-14-9-13-7-4-8-16(13)21-17(14)20-11-15(19)12-5-2-1-3-6-12/h1-3,5-6,9,15H,4,7-8,11,19H2,(H,20,21). The van der Waals surface area contributed by atoms with Crippen LogP contribution >= 0.6 is 0 Å². The number of fused-ring (bicyclic) bond motifs is 1. The van der Waals surface area contributed by atoms with Gasteiger partial charge in [0.25, 0.3) is 0 Å². The molecule has 0 aliphatic heterocycles. The molecule has 106 valence electrons. The van der Waals surface area contributed by atoms with Crippen LogP contribution in [0.4, 0.5) is 5.82 Å². The Morgan fingerprint density at radius 1 is 1.29 bits per heavy atom. The number of hydrogen-bond donors (Lipinski definition) is 2. The highest BCUT2D eigenvalue weighted by atomic mass is 15.0. The van der Waals surface area contributed by atoms with Crippen molar-refractivity contribution in [2.24, 2.45) is 5.73 Å². The summed E-state index contributed by atoms with van der Waals surface area (Å²) < 4.78 is 0. The molecule has 1 aliphatic rings. The van der Waals surface area contributed by atoms with Gasteiger partial charge in [-0.05, 0) is 36.5 Å². The first-order valence-corrected chi connectivity index (χ1v) is 7.25. The van der Waals surface area contributed by atoms with E-state index >= 15 is 0 Å². The minimum atomic E-state index is -0.118. The molecule has 0 amide bonds. The predicted octanol–water partition coefficient (Wildman–Crippen LogP) is 2.55. The SMILES string of the molecule is N#Cc1cc2c(nc1NCC(N)c1ccccc1)CCC2. The highest BCUT2D eigenvalue weighted by Gasteiger charge is 2.16. The molecule has 4 heteroatoms. The molecule has 0 spiro atoms. The molecular weight excluding hydrogens is 260 g/mol. The van der Waals surface area contributed by atoms with E-state index in [1.165, 1.54) is 5.56 Å². The number of nitriles is 1. The Morgan fingerprint density at radius 2 is 2.10 bits per heavy atom. The highest BCUT2D eigenvalue weighted by molar-refractivity contribution is 5.55. The van der Waals surface area contributed by atoms with Crippen LogP contribution in [0.5, 0.6) is 0 Å². The summed E-state index contributed by atoms with van der Waals surface area (Å²) in [5.74, 6) is 0.657. The molecule has 0 radical (unpaired) electrons. The number of rotatable bonds is 4. The first-order valence-electron chi connectivity index (χ1n) is 7.25. The third-order valence-electron chi connectivity index (χ3n) is 3.89. The lowest BCUT2D eigenvalue weighted by Crippen LogP contribution is -2.21. The molecule has 0 bridgehead atoms. The van der Waals surface area contributed by atoms with Crippen LogP contribution in [-0.2, 0) is 12.8 Å². The molecule has 1 heterocycles. The quantitative estimate of drug-likeness (QED) is 0.901. The van der Waals surface area contributed by atoms with Crippen molar-refractivity contribution in [2.45, 2.75) is 25.3 Å². The van der Waals surface area contributed by atoms with Crippen LogP contribution in [0, 0.1) is 11.3 Å². The topological polar surface area (TPSA) is 74.7 Å². The van der Waals surface area contributed by atoms with E-state index in [0.717, 1.165) is 30.5 Å². The van der Waals surface area contributed by atoms with Gasteiger partial charge in [-0.3, -0.25) is 0 Å². The molecule has 1 aliphatic carbocycles. The minimum Gasteiger partial charge on any atom is -0.367 e. The zero-order chi connectivity index (χ0) is 14.7. The fourth-order valence-corrected chi connectivity index (χ4v) is 2.72. The smallest absolute Gasteiger partial charge is 0.144 e. The Labute approximate surface area is 124 Å². The Balaban J connectivity index is 1.75. The Kier molecular flexibility index (Phi) is 3.85. The van der Waals surface area contributed by atoms with Crippen molar-refractivity contribution in [3.63, 3.8) is 0 Å². The molecule has 3 rings (SSSR count). The maximum Gasteiger partial charge on any atom is 0.144 e. The van der Waals surface area contributed by atoms with Gasteiger partial charge in [-0.15, -0.1) is 0 Å². The van der Waals surface area contributed by atoms with Crippen LogP contribution < -0.4 is 11.1 Å². The van der Waals surface area contributed by atoms with Crippen molar-refractivity contribution >= 4 is 5.82 Å². The lowest BCUT2D eigenvalue weighted by molar-refractivity contribution is 0.761. The number of aryl methyl sites for hydroxylation is 2. The van der Waals surface area contributed by atoms with Gasteiger partial charge < -0.3 is 11.1 Å². The lowest BCUT2D eigenvalue weighted by Gasteiger charge is -2.15. The Morgan fingerprint density at radius 3 is 2.86 bits per heavy atom. The largest absolute Gasteiger partial charge is 0.367 e. The van der Waals surface area contributed by atoms with Gasteiger partial charge >= 0.3 is 0 Å². The predicted molar refractivity (Wildman–Crippen MR) is 82.8 cm³/mol. The second kappa shape index (κ2) is 5.94. The van der Waals surface area contributed by atoms with E-state index in [0.29, 0.717) is 17.9 Å². The van der Waals surface area contributed by atoms with E-state index in [1.807, 2.05) is 36.4 Å². The summed E-state index contributed by atoms with van der Waals surface area (Å²) >= 11 is 0. The number of anilines is 1. The van der Waals surface area contributed by atoms with Gasteiger partial charge in [0.2, 0.25) is 0 Å². The van der Waals surface area contributed by atoms with Gasteiger partial charge in [-0.1, -0.05) is 30.3 Å². The van der Waals surface area contributed by atoms with Gasteiger partial charge in [0.05, 0.1) is 5.56 Å². The van der Waals surface area contributed by atoms with Gasteiger partial charge in [0.1, 0.15) is 11.9 Å². The van der Waals surface area contributed by atoms with Crippen molar-refractivity contribution in [3.05, 3.63) is 58.8 Å². The molecule has 0 saturated carbocycles. The number of pyridine rings is 1. The minimum absolute atomic E-state index is 0.118. The average molecular weight is 278 g/mol. The molecular formula is C17H18N4. The van der Waals surface area contributed by atoms with Crippen LogP contribution in [0.25, 0.3) is 0 Å². The zero-order valence-electron chi connectivity index (χ0n) is 11.8. The molecule has 0 fully saturated rings. The number of benzene rings is 1. The summed E-state index contributed by atoms with van der Waals surface area (Å²) in [4.78, 5) is 4.60. The van der Waals surface area contributed by atoms with Crippen LogP contribution in [-0.4, -0.2) is 11.5 Å². The number of aromatic nitrogens is 1. The summed E-state index contributed by atoms with van der Waals surface area (Å²) in [6, 6.07) is 14.0. The van der Waals surface area contributed by atoms with Crippen LogP contribution in [0.2, 0.25) is 0 Å². The van der Waals surface area contributed by atoms with Gasteiger partial charge in [0.15, 0.2) is 0 Å². The third-order valence-corrected chi connectivity index (χ3v) is 3.89. The first kappa shape index (κ1) is 13.6. The van der Waals surface area contributed by atoms with Crippen molar-refractivity contribution in [2.75, 3.05) is 11.9 Å².